The molecule has 0 saturated heterocycles. The highest BCUT2D eigenvalue weighted by Crippen LogP contribution is 2.22. The van der Waals surface area contributed by atoms with Crippen molar-refractivity contribution in [2.24, 2.45) is 0 Å². The zero-order valence-corrected chi connectivity index (χ0v) is 12.2. The zero-order valence-electron chi connectivity index (χ0n) is 12.2. The van der Waals surface area contributed by atoms with Crippen molar-refractivity contribution >= 4 is 5.82 Å². The summed E-state index contributed by atoms with van der Waals surface area (Å²) in [5, 5.41) is 13.1. The minimum absolute atomic E-state index is 0.280. The molecular formula is C14H17N7. The third kappa shape index (κ3) is 2.23. The Morgan fingerprint density at radius 3 is 2.90 bits per heavy atom. The number of aryl methyl sites for hydroxylation is 1. The summed E-state index contributed by atoms with van der Waals surface area (Å²) in [7, 11) is 0. The summed E-state index contributed by atoms with van der Waals surface area (Å²) in [6.45, 7) is 7.04. The fourth-order valence-electron chi connectivity index (χ4n) is 2.59. The third-order valence-corrected chi connectivity index (χ3v) is 3.90. The number of fused-ring (bicyclic) bond motifs is 1. The number of nitriles is 1. The second-order valence-electron chi connectivity index (χ2n) is 5.12. The van der Waals surface area contributed by atoms with Crippen molar-refractivity contribution in [1.29, 1.82) is 5.26 Å². The van der Waals surface area contributed by atoms with Gasteiger partial charge in [-0.25, -0.2) is 9.97 Å². The molecule has 0 amide bonds. The van der Waals surface area contributed by atoms with E-state index in [0.29, 0.717) is 11.5 Å². The maximum atomic E-state index is 8.95. The van der Waals surface area contributed by atoms with Gasteiger partial charge in [-0.1, -0.05) is 6.92 Å². The lowest BCUT2D eigenvalue weighted by molar-refractivity contribution is 0.264. The zero-order chi connectivity index (χ0) is 15.0. The molecule has 2 N–H and O–H groups in total. The van der Waals surface area contributed by atoms with Crippen LogP contribution in [0.3, 0.4) is 0 Å². The van der Waals surface area contributed by atoms with E-state index in [1.54, 1.807) is 0 Å². The number of nitrogen functional groups attached to an aromatic ring is 1. The van der Waals surface area contributed by atoms with Crippen LogP contribution in [0.4, 0.5) is 5.82 Å². The first-order valence-corrected chi connectivity index (χ1v) is 6.96. The van der Waals surface area contributed by atoms with Gasteiger partial charge in [0.1, 0.15) is 17.5 Å². The van der Waals surface area contributed by atoms with Crippen LogP contribution in [-0.4, -0.2) is 37.7 Å². The average Bonchev–Trinajstić information content (AvgIpc) is 2.87. The summed E-state index contributed by atoms with van der Waals surface area (Å²) in [5.74, 6) is 0.720. The average molecular weight is 283 g/mol. The molecule has 0 saturated carbocycles. The van der Waals surface area contributed by atoms with E-state index in [0.717, 1.165) is 37.4 Å². The number of hydrogen-bond acceptors (Lipinski definition) is 6. The number of aromatic nitrogens is 4. The highest BCUT2D eigenvalue weighted by Gasteiger charge is 2.21. The first-order valence-electron chi connectivity index (χ1n) is 6.96. The van der Waals surface area contributed by atoms with Crippen LogP contribution in [0.1, 0.15) is 29.4 Å². The summed E-state index contributed by atoms with van der Waals surface area (Å²) in [6, 6.07) is 2.01. The lowest BCUT2D eigenvalue weighted by Crippen LogP contribution is -2.32. The Bertz CT molecular complexity index is 726. The van der Waals surface area contributed by atoms with Crippen molar-refractivity contribution in [1.82, 2.24) is 24.6 Å². The topological polar surface area (TPSA) is 96.7 Å². The Labute approximate surface area is 123 Å². The number of anilines is 1. The largest absolute Gasteiger partial charge is 0.382 e. The number of likely N-dealkylation sites (N-methyl/N-ethyl adjacent to an activating group) is 1. The molecule has 3 heterocycles. The first-order chi connectivity index (χ1) is 10.1. The van der Waals surface area contributed by atoms with Gasteiger partial charge in [0, 0.05) is 30.8 Å². The molecule has 7 nitrogen and oxygen atoms in total. The van der Waals surface area contributed by atoms with Crippen molar-refractivity contribution < 1.29 is 0 Å². The highest BCUT2D eigenvalue weighted by atomic mass is 15.4. The van der Waals surface area contributed by atoms with E-state index in [2.05, 4.69) is 26.9 Å². The van der Waals surface area contributed by atoms with Gasteiger partial charge in [-0.15, -0.1) is 0 Å². The van der Waals surface area contributed by atoms with Gasteiger partial charge in [-0.3, -0.25) is 4.90 Å². The van der Waals surface area contributed by atoms with Gasteiger partial charge in [0.15, 0.2) is 0 Å². The van der Waals surface area contributed by atoms with Crippen LogP contribution in [0.5, 0.6) is 0 Å². The molecule has 0 spiro atoms. The molecule has 0 unspecified atom stereocenters. The predicted molar refractivity (Wildman–Crippen MR) is 77.7 cm³/mol. The molecule has 0 radical (unpaired) electrons. The van der Waals surface area contributed by atoms with Crippen LogP contribution in [0, 0.1) is 18.3 Å². The summed E-state index contributed by atoms with van der Waals surface area (Å²) < 4.78 is 1.43. The van der Waals surface area contributed by atoms with Crippen LogP contribution in [-0.2, 0) is 13.0 Å². The number of nitrogens with zero attached hydrogens (tertiary/aromatic N) is 6. The molecule has 1 aliphatic rings. The Balaban J connectivity index is 2.05. The predicted octanol–water partition coefficient (Wildman–Crippen LogP) is 0.803. The van der Waals surface area contributed by atoms with E-state index < -0.39 is 0 Å². The second kappa shape index (κ2) is 5.14. The van der Waals surface area contributed by atoms with Crippen molar-refractivity contribution in [2.45, 2.75) is 26.8 Å². The maximum Gasteiger partial charge on any atom is 0.252 e. The molecule has 0 atom stereocenters. The molecule has 0 aliphatic carbocycles. The molecule has 0 bridgehead atoms. The molecule has 3 rings (SSSR count). The van der Waals surface area contributed by atoms with E-state index in [-0.39, 0.29) is 5.82 Å². The number of nitrogens with two attached hydrogens (primary N) is 1. The van der Waals surface area contributed by atoms with Crippen molar-refractivity contribution in [3.63, 3.8) is 0 Å². The smallest absolute Gasteiger partial charge is 0.252 e. The third-order valence-electron chi connectivity index (χ3n) is 3.90. The van der Waals surface area contributed by atoms with Crippen molar-refractivity contribution in [3.8, 4) is 12.0 Å². The Morgan fingerprint density at radius 1 is 1.43 bits per heavy atom. The fraction of sp³-hybridized carbons (Fsp3) is 0.429. The van der Waals surface area contributed by atoms with Crippen LogP contribution in [0.25, 0.3) is 5.95 Å². The van der Waals surface area contributed by atoms with E-state index >= 15 is 0 Å². The van der Waals surface area contributed by atoms with Crippen LogP contribution < -0.4 is 5.73 Å². The SMILES string of the molecule is CCN1CCc2nc(-n3ncc(C#N)c3N)nc(C)c2C1. The summed E-state index contributed by atoms with van der Waals surface area (Å²) in [4.78, 5) is 11.5. The minimum atomic E-state index is 0.280. The first kappa shape index (κ1) is 13.5. The van der Waals surface area contributed by atoms with Gasteiger partial charge in [0.25, 0.3) is 5.95 Å². The molecular weight excluding hydrogens is 266 g/mol. The Morgan fingerprint density at radius 2 is 2.24 bits per heavy atom. The fourth-order valence-corrected chi connectivity index (χ4v) is 2.59. The van der Waals surface area contributed by atoms with E-state index in [9.17, 15) is 0 Å². The minimum Gasteiger partial charge on any atom is -0.382 e. The van der Waals surface area contributed by atoms with E-state index in [1.807, 2.05) is 13.0 Å². The van der Waals surface area contributed by atoms with Crippen LogP contribution in [0.2, 0.25) is 0 Å². The molecule has 0 aromatic carbocycles. The van der Waals surface area contributed by atoms with Gasteiger partial charge >= 0.3 is 0 Å². The normalized spacial score (nSPS) is 14.7. The molecule has 7 heteroatoms. The lowest BCUT2D eigenvalue weighted by atomic mass is 10.0. The molecule has 2 aromatic rings. The van der Waals surface area contributed by atoms with E-state index in [4.69, 9.17) is 11.0 Å². The maximum absolute atomic E-state index is 8.95. The van der Waals surface area contributed by atoms with Crippen LogP contribution >= 0.6 is 0 Å². The quantitative estimate of drug-likeness (QED) is 0.875. The van der Waals surface area contributed by atoms with Crippen LogP contribution in [0.15, 0.2) is 6.20 Å². The number of rotatable bonds is 2. The van der Waals surface area contributed by atoms with Gasteiger partial charge in [-0.05, 0) is 13.5 Å². The molecule has 0 fully saturated rings. The van der Waals surface area contributed by atoms with Gasteiger partial charge in [0.2, 0.25) is 0 Å². The van der Waals surface area contributed by atoms with E-state index in [1.165, 1.54) is 16.4 Å². The molecule has 21 heavy (non-hydrogen) atoms. The summed E-state index contributed by atoms with van der Waals surface area (Å²) in [5.41, 5.74) is 9.43. The van der Waals surface area contributed by atoms with Gasteiger partial charge < -0.3 is 5.73 Å². The lowest BCUT2D eigenvalue weighted by Gasteiger charge is -2.27. The number of hydrogen-bond donors (Lipinski definition) is 1. The monoisotopic (exact) mass is 283 g/mol. The highest BCUT2D eigenvalue weighted by molar-refractivity contribution is 5.50. The Hall–Kier alpha value is -2.46. The molecule has 108 valence electrons. The van der Waals surface area contributed by atoms with Gasteiger partial charge in [0.05, 0.1) is 11.9 Å². The summed E-state index contributed by atoms with van der Waals surface area (Å²) in [6.07, 6.45) is 2.33. The van der Waals surface area contributed by atoms with Crippen molar-refractivity contribution in [3.05, 3.63) is 28.7 Å². The Kier molecular flexibility index (Phi) is 3.31. The van der Waals surface area contributed by atoms with Gasteiger partial charge in [-0.2, -0.15) is 15.0 Å². The molecule has 2 aromatic heterocycles. The standard InChI is InChI=1S/C14H17N7/c1-3-20-5-4-12-11(8-20)9(2)18-14(19-12)21-13(16)10(6-15)7-17-21/h7H,3-5,8,16H2,1-2H3. The molecule has 1 aliphatic heterocycles. The van der Waals surface area contributed by atoms with Crippen molar-refractivity contribution in [2.75, 3.05) is 18.8 Å². The summed E-state index contributed by atoms with van der Waals surface area (Å²) >= 11 is 0. The second-order valence-corrected chi connectivity index (χ2v) is 5.12.